The largest absolute Gasteiger partial charge is 0.489 e. The van der Waals surface area contributed by atoms with Gasteiger partial charge in [-0.1, -0.05) is 54.6 Å². The van der Waals surface area contributed by atoms with Crippen LogP contribution in [0.3, 0.4) is 0 Å². The van der Waals surface area contributed by atoms with E-state index in [9.17, 15) is 10.1 Å². The Hall–Kier alpha value is -4.70. The molecule has 0 atom stereocenters. The summed E-state index contributed by atoms with van der Waals surface area (Å²) in [5.41, 5.74) is 3.02. The number of aromatic nitrogens is 3. The van der Waals surface area contributed by atoms with Crippen molar-refractivity contribution in [3.8, 4) is 23.2 Å². The lowest BCUT2D eigenvalue weighted by Crippen LogP contribution is -2.00. The molecule has 0 amide bonds. The van der Waals surface area contributed by atoms with Gasteiger partial charge in [-0.05, 0) is 41.5 Å². The van der Waals surface area contributed by atoms with Crippen LogP contribution in [0.25, 0.3) is 23.0 Å². The Morgan fingerprint density at radius 3 is 2.61 bits per heavy atom. The van der Waals surface area contributed by atoms with Crippen LogP contribution in [0.2, 0.25) is 0 Å². The molecule has 1 aromatic heterocycles. The SMILES string of the molecule is Cn1c(/C(C#N)=C/c2cccc(OCc3cccc(C(=O)O)c3)c2)nnc1-c1ccccc1. The highest BCUT2D eigenvalue weighted by molar-refractivity contribution is 5.88. The number of rotatable bonds is 7. The van der Waals surface area contributed by atoms with Gasteiger partial charge in [-0.25, -0.2) is 4.79 Å². The van der Waals surface area contributed by atoms with Crippen LogP contribution in [-0.2, 0) is 13.7 Å². The number of carboxylic acids is 1. The Bertz CT molecular complexity index is 1370. The first-order valence-corrected chi connectivity index (χ1v) is 10.2. The summed E-state index contributed by atoms with van der Waals surface area (Å²) in [6, 6.07) is 25.8. The average Bonchev–Trinajstić information content (AvgIpc) is 3.23. The molecule has 0 fully saturated rings. The normalized spacial score (nSPS) is 11.1. The van der Waals surface area contributed by atoms with Gasteiger partial charge in [0, 0.05) is 12.6 Å². The quantitative estimate of drug-likeness (QED) is 0.417. The molecule has 0 radical (unpaired) electrons. The molecule has 7 heteroatoms. The van der Waals surface area contributed by atoms with E-state index in [2.05, 4.69) is 16.3 Å². The summed E-state index contributed by atoms with van der Waals surface area (Å²) >= 11 is 0. The number of benzene rings is 3. The van der Waals surface area contributed by atoms with Crippen LogP contribution in [0.15, 0.2) is 78.9 Å². The van der Waals surface area contributed by atoms with Crippen molar-refractivity contribution < 1.29 is 14.6 Å². The Morgan fingerprint density at radius 2 is 1.85 bits per heavy atom. The highest BCUT2D eigenvalue weighted by Gasteiger charge is 2.14. The van der Waals surface area contributed by atoms with Crippen LogP contribution < -0.4 is 4.74 Å². The number of carboxylic acid groups (broad SMARTS) is 1. The van der Waals surface area contributed by atoms with Gasteiger partial charge in [-0.2, -0.15) is 5.26 Å². The van der Waals surface area contributed by atoms with Gasteiger partial charge in [0.2, 0.25) is 0 Å². The lowest BCUT2D eigenvalue weighted by molar-refractivity contribution is 0.0696. The van der Waals surface area contributed by atoms with Crippen molar-refractivity contribution in [1.82, 2.24) is 14.8 Å². The number of carbonyl (C=O) groups is 1. The Balaban J connectivity index is 1.55. The molecule has 1 heterocycles. The lowest BCUT2D eigenvalue weighted by atomic mass is 10.1. The lowest BCUT2D eigenvalue weighted by Gasteiger charge is -2.08. The molecule has 4 rings (SSSR count). The molecule has 33 heavy (non-hydrogen) atoms. The monoisotopic (exact) mass is 436 g/mol. The molecular weight excluding hydrogens is 416 g/mol. The van der Waals surface area contributed by atoms with E-state index in [0.717, 1.165) is 16.7 Å². The molecular formula is C26H20N4O3. The smallest absolute Gasteiger partial charge is 0.335 e. The van der Waals surface area contributed by atoms with Crippen LogP contribution in [-0.4, -0.2) is 25.8 Å². The first-order valence-electron chi connectivity index (χ1n) is 10.2. The number of allylic oxidation sites excluding steroid dienone is 1. The van der Waals surface area contributed by atoms with Crippen LogP contribution in [0, 0.1) is 11.3 Å². The van der Waals surface area contributed by atoms with Gasteiger partial charge in [-0.15, -0.1) is 10.2 Å². The molecule has 0 aliphatic heterocycles. The molecule has 0 saturated carbocycles. The number of ether oxygens (including phenoxy) is 1. The molecule has 1 N–H and O–H groups in total. The number of hydrogen-bond acceptors (Lipinski definition) is 5. The van der Waals surface area contributed by atoms with E-state index in [4.69, 9.17) is 9.84 Å². The van der Waals surface area contributed by atoms with Crippen molar-refractivity contribution in [1.29, 1.82) is 5.26 Å². The van der Waals surface area contributed by atoms with E-state index in [1.165, 1.54) is 6.07 Å². The number of nitriles is 1. The Morgan fingerprint density at radius 1 is 1.06 bits per heavy atom. The first kappa shape index (κ1) is 21.5. The van der Waals surface area contributed by atoms with Gasteiger partial charge in [0.05, 0.1) is 11.1 Å². The minimum atomic E-state index is -0.979. The molecule has 0 aliphatic carbocycles. The zero-order valence-electron chi connectivity index (χ0n) is 17.8. The number of hydrogen-bond donors (Lipinski definition) is 1. The molecule has 0 bridgehead atoms. The van der Waals surface area contributed by atoms with Crippen LogP contribution in [0.1, 0.15) is 27.3 Å². The average molecular weight is 436 g/mol. The van der Waals surface area contributed by atoms with Gasteiger partial charge in [0.15, 0.2) is 11.6 Å². The fourth-order valence-corrected chi connectivity index (χ4v) is 3.37. The van der Waals surface area contributed by atoms with E-state index in [0.29, 0.717) is 23.0 Å². The predicted molar refractivity (Wildman–Crippen MR) is 124 cm³/mol. The first-order chi connectivity index (χ1) is 16.0. The molecule has 0 unspecified atom stereocenters. The van der Waals surface area contributed by atoms with E-state index in [-0.39, 0.29) is 12.2 Å². The third kappa shape index (κ3) is 4.97. The molecule has 0 aliphatic rings. The van der Waals surface area contributed by atoms with Crippen molar-refractivity contribution in [2.75, 3.05) is 0 Å². The molecule has 0 spiro atoms. The maximum atomic E-state index is 11.1. The summed E-state index contributed by atoms with van der Waals surface area (Å²) in [4.78, 5) is 11.1. The summed E-state index contributed by atoms with van der Waals surface area (Å²) in [7, 11) is 1.83. The van der Waals surface area contributed by atoms with Crippen LogP contribution >= 0.6 is 0 Å². The standard InChI is InChI=1S/C26H20N4O3/c1-30-24(20-9-3-2-4-10-20)28-29-25(30)22(16-27)13-18-7-6-12-23(15-18)33-17-19-8-5-11-21(14-19)26(31)32/h2-15H,17H2,1H3,(H,31,32)/b22-13+. The summed E-state index contributed by atoms with van der Waals surface area (Å²) in [5, 5.41) is 27.4. The van der Waals surface area contributed by atoms with Gasteiger partial charge >= 0.3 is 5.97 Å². The minimum absolute atomic E-state index is 0.213. The molecule has 7 nitrogen and oxygen atoms in total. The van der Waals surface area contributed by atoms with Crippen molar-refractivity contribution in [2.45, 2.75) is 6.61 Å². The number of nitrogens with zero attached hydrogens (tertiary/aromatic N) is 4. The summed E-state index contributed by atoms with van der Waals surface area (Å²) in [6.45, 7) is 0.225. The minimum Gasteiger partial charge on any atom is -0.489 e. The molecule has 3 aromatic carbocycles. The maximum absolute atomic E-state index is 11.1. The second-order valence-corrected chi connectivity index (χ2v) is 7.31. The van der Waals surface area contributed by atoms with Gasteiger partial charge in [0.25, 0.3) is 0 Å². The van der Waals surface area contributed by atoms with Gasteiger partial charge in [-0.3, -0.25) is 0 Å². The Kier molecular flexibility index (Phi) is 6.28. The predicted octanol–water partition coefficient (Wildman–Crippen LogP) is 4.82. The van der Waals surface area contributed by atoms with Crippen molar-refractivity contribution in [2.24, 2.45) is 7.05 Å². The summed E-state index contributed by atoms with van der Waals surface area (Å²) in [6.07, 6.45) is 1.73. The van der Waals surface area contributed by atoms with E-state index in [1.807, 2.05) is 61.6 Å². The van der Waals surface area contributed by atoms with Crippen molar-refractivity contribution in [3.63, 3.8) is 0 Å². The van der Waals surface area contributed by atoms with Gasteiger partial charge in [0.1, 0.15) is 18.4 Å². The van der Waals surface area contributed by atoms with E-state index < -0.39 is 5.97 Å². The fraction of sp³-hybridized carbons (Fsp3) is 0.0769. The second kappa shape index (κ2) is 9.62. The highest BCUT2D eigenvalue weighted by Crippen LogP contribution is 2.23. The van der Waals surface area contributed by atoms with Crippen molar-refractivity contribution in [3.05, 3.63) is 101 Å². The summed E-state index contributed by atoms with van der Waals surface area (Å²) < 4.78 is 7.63. The van der Waals surface area contributed by atoms with Crippen molar-refractivity contribution >= 4 is 17.6 Å². The molecule has 0 saturated heterocycles. The maximum Gasteiger partial charge on any atom is 0.335 e. The molecule has 4 aromatic rings. The fourth-order valence-electron chi connectivity index (χ4n) is 3.37. The van der Waals surface area contributed by atoms with E-state index in [1.54, 1.807) is 28.8 Å². The van der Waals surface area contributed by atoms with Crippen LogP contribution in [0.4, 0.5) is 0 Å². The molecule has 162 valence electrons. The summed E-state index contributed by atoms with van der Waals surface area (Å²) in [5.74, 6) is 0.762. The third-order valence-electron chi connectivity index (χ3n) is 5.02. The number of aromatic carboxylic acids is 1. The van der Waals surface area contributed by atoms with E-state index >= 15 is 0 Å². The Labute approximate surface area is 190 Å². The zero-order chi connectivity index (χ0) is 23.2. The topological polar surface area (TPSA) is 101 Å². The third-order valence-corrected chi connectivity index (χ3v) is 5.02. The van der Waals surface area contributed by atoms with Gasteiger partial charge < -0.3 is 14.4 Å². The second-order valence-electron chi connectivity index (χ2n) is 7.31. The van der Waals surface area contributed by atoms with Crippen LogP contribution in [0.5, 0.6) is 5.75 Å². The zero-order valence-corrected chi connectivity index (χ0v) is 17.8. The highest BCUT2D eigenvalue weighted by atomic mass is 16.5.